The number of benzene rings is 1. The van der Waals surface area contributed by atoms with Crippen LogP contribution in [-0.2, 0) is 6.42 Å². The Bertz CT molecular complexity index is 425. The number of likely N-dealkylation sites (N-methyl/N-ethyl adjacent to an activating group) is 1. The topological polar surface area (TPSA) is 33.3 Å². The molecule has 1 rings (SSSR count). The van der Waals surface area contributed by atoms with Gasteiger partial charge in [0.2, 0.25) is 0 Å². The van der Waals surface area contributed by atoms with Crippen LogP contribution in [0, 0.1) is 0 Å². The molecule has 98 valence electrons. The third kappa shape index (κ3) is 3.37. The number of anilines is 1. The van der Waals surface area contributed by atoms with E-state index in [0.717, 1.165) is 30.0 Å². The summed E-state index contributed by atoms with van der Waals surface area (Å²) in [6.45, 7) is 6.68. The van der Waals surface area contributed by atoms with E-state index in [-0.39, 0.29) is 0 Å². The van der Waals surface area contributed by atoms with Gasteiger partial charge in [0, 0.05) is 5.56 Å². The van der Waals surface area contributed by atoms with Crippen molar-refractivity contribution >= 4 is 11.8 Å². The number of hydrogen-bond donors (Lipinski definition) is 2. The molecule has 0 saturated heterocycles. The Kier molecular flexibility index (Phi) is 6.01. The standard InChI is InChI=1S/C15H22N2O/c1-5-7-13-12(10-11-16-3)8-9-14(18-4)15(13)17-6-2/h5-9,16-17H,2,10-11H2,1,3-4H3/b7-5-. The molecule has 0 aromatic heterocycles. The summed E-state index contributed by atoms with van der Waals surface area (Å²) in [7, 11) is 3.64. The first kappa shape index (κ1) is 14.3. The van der Waals surface area contributed by atoms with E-state index in [9.17, 15) is 0 Å². The van der Waals surface area contributed by atoms with E-state index in [0.29, 0.717) is 0 Å². The molecule has 3 nitrogen and oxygen atoms in total. The summed E-state index contributed by atoms with van der Waals surface area (Å²) in [6.07, 6.45) is 6.78. The first-order valence-electron chi connectivity index (χ1n) is 6.13. The lowest BCUT2D eigenvalue weighted by Crippen LogP contribution is -2.11. The van der Waals surface area contributed by atoms with Crippen LogP contribution < -0.4 is 15.4 Å². The minimum absolute atomic E-state index is 0.830. The minimum Gasteiger partial charge on any atom is -0.495 e. The van der Waals surface area contributed by atoms with Crippen LogP contribution in [0.3, 0.4) is 0 Å². The van der Waals surface area contributed by atoms with Crippen LogP contribution >= 0.6 is 0 Å². The third-order valence-electron chi connectivity index (χ3n) is 2.74. The molecule has 3 heteroatoms. The molecule has 0 aliphatic rings. The summed E-state index contributed by atoms with van der Waals surface area (Å²) in [6, 6.07) is 4.10. The molecule has 0 amide bonds. The maximum atomic E-state index is 5.38. The molecule has 0 saturated carbocycles. The Balaban J connectivity index is 3.26. The molecule has 18 heavy (non-hydrogen) atoms. The highest BCUT2D eigenvalue weighted by atomic mass is 16.5. The lowest BCUT2D eigenvalue weighted by molar-refractivity contribution is 0.416. The molecular formula is C15H22N2O. The van der Waals surface area contributed by atoms with Crippen LogP contribution in [0.5, 0.6) is 5.75 Å². The molecule has 0 fully saturated rings. The SMILES string of the molecule is C=CNc1c(OC)ccc(CCNC)c1/C=C\C. The lowest BCUT2D eigenvalue weighted by Gasteiger charge is -2.15. The van der Waals surface area contributed by atoms with Crippen LogP contribution in [0.4, 0.5) is 5.69 Å². The van der Waals surface area contributed by atoms with Crippen molar-refractivity contribution in [3.63, 3.8) is 0 Å². The van der Waals surface area contributed by atoms with Gasteiger partial charge in [0.15, 0.2) is 0 Å². The van der Waals surface area contributed by atoms with Gasteiger partial charge in [-0.1, -0.05) is 24.8 Å². The average molecular weight is 246 g/mol. The zero-order valence-electron chi connectivity index (χ0n) is 11.4. The molecule has 1 aromatic carbocycles. The van der Waals surface area contributed by atoms with E-state index in [1.54, 1.807) is 13.3 Å². The molecular weight excluding hydrogens is 224 g/mol. The van der Waals surface area contributed by atoms with Crippen LogP contribution in [0.25, 0.3) is 6.08 Å². The zero-order valence-corrected chi connectivity index (χ0v) is 11.4. The monoisotopic (exact) mass is 246 g/mol. The Morgan fingerprint density at radius 1 is 1.39 bits per heavy atom. The Labute approximate surface area is 110 Å². The van der Waals surface area contributed by atoms with E-state index in [1.807, 2.05) is 26.1 Å². The summed E-state index contributed by atoms with van der Waals surface area (Å²) < 4.78 is 5.38. The molecule has 0 aliphatic heterocycles. The van der Waals surface area contributed by atoms with Gasteiger partial charge in [-0.15, -0.1) is 0 Å². The number of methoxy groups -OCH3 is 1. The minimum atomic E-state index is 0.830. The van der Waals surface area contributed by atoms with Crippen LogP contribution in [0.15, 0.2) is 31.0 Å². The number of nitrogens with one attached hydrogen (secondary N) is 2. The molecule has 0 atom stereocenters. The third-order valence-corrected chi connectivity index (χ3v) is 2.74. The van der Waals surface area contributed by atoms with Crippen LogP contribution in [0.1, 0.15) is 18.1 Å². The quantitative estimate of drug-likeness (QED) is 0.776. The summed E-state index contributed by atoms with van der Waals surface area (Å²) >= 11 is 0. The number of allylic oxidation sites excluding steroid dienone is 1. The second-order valence-corrected chi connectivity index (χ2v) is 3.92. The molecule has 0 aliphatic carbocycles. The Morgan fingerprint density at radius 3 is 2.72 bits per heavy atom. The summed E-state index contributed by atoms with van der Waals surface area (Å²) in [5.74, 6) is 0.830. The maximum Gasteiger partial charge on any atom is 0.142 e. The van der Waals surface area contributed by atoms with Crippen LogP contribution in [0.2, 0.25) is 0 Å². The van der Waals surface area contributed by atoms with Gasteiger partial charge in [0.05, 0.1) is 12.8 Å². The fourth-order valence-corrected chi connectivity index (χ4v) is 1.90. The van der Waals surface area contributed by atoms with Crippen molar-refractivity contribution in [1.82, 2.24) is 5.32 Å². The van der Waals surface area contributed by atoms with E-state index in [4.69, 9.17) is 4.74 Å². The molecule has 0 radical (unpaired) electrons. The van der Waals surface area contributed by atoms with E-state index >= 15 is 0 Å². The van der Waals surface area contributed by atoms with E-state index < -0.39 is 0 Å². The molecule has 0 spiro atoms. The van der Waals surface area contributed by atoms with Gasteiger partial charge in [-0.3, -0.25) is 0 Å². The molecule has 2 N–H and O–H groups in total. The van der Waals surface area contributed by atoms with Crippen molar-refractivity contribution in [2.24, 2.45) is 0 Å². The number of ether oxygens (including phenoxy) is 1. The smallest absolute Gasteiger partial charge is 0.142 e. The van der Waals surface area contributed by atoms with E-state index in [2.05, 4.69) is 29.4 Å². The van der Waals surface area contributed by atoms with Gasteiger partial charge in [-0.05, 0) is 44.8 Å². The van der Waals surface area contributed by atoms with Gasteiger partial charge in [-0.25, -0.2) is 0 Å². The van der Waals surface area contributed by atoms with Crippen molar-refractivity contribution in [3.8, 4) is 5.75 Å². The predicted molar refractivity (Wildman–Crippen MR) is 79.2 cm³/mol. The van der Waals surface area contributed by atoms with Crippen molar-refractivity contribution < 1.29 is 4.74 Å². The Hall–Kier alpha value is -1.74. The van der Waals surface area contributed by atoms with Gasteiger partial charge in [0.25, 0.3) is 0 Å². The average Bonchev–Trinajstić information content (AvgIpc) is 2.39. The highest BCUT2D eigenvalue weighted by Crippen LogP contribution is 2.32. The fraction of sp³-hybridized carbons (Fsp3) is 0.333. The van der Waals surface area contributed by atoms with Crippen molar-refractivity contribution in [2.75, 3.05) is 26.0 Å². The second kappa shape index (κ2) is 7.56. The molecule has 0 unspecified atom stereocenters. The first-order chi connectivity index (χ1) is 8.78. The summed E-state index contributed by atoms with van der Waals surface area (Å²) in [5.41, 5.74) is 3.42. The number of rotatable bonds is 7. The predicted octanol–water partition coefficient (Wildman–Crippen LogP) is 3.05. The Morgan fingerprint density at radius 2 is 2.17 bits per heavy atom. The molecule has 0 heterocycles. The van der Waals surface area contributed by atoms with E-state index in [1.165, 1.54) is 5.56 Å². The van der Waals surface area contributed by atoms with Crippen molar-refractivity contribution in [1.29, 1.82) is 0 Å². The van der Waals surface area contributed by atoms with Crippen LogP contribution in [-0.4, -0.2) is 20.7 Å². The van der Waals surface area contributed by atoms with Gasteiger partial charge in [-0.2, -0.15) is 0 Å². The largest absolute Gasteiger partial charge is 0.495 e. The van der Waals surface area contributed by atoms with Gasteiger partial charge in [0.1, 0.15) is 5.75 Å². The van der Waals surface area contributed by atoms with Crippen molar-refractivity contribution in [2.45, 2.75) is 13.3 Å². The van der Waals surface area contributed by atoms with Gasteiger partial charge >= 0.3 is 0 Å². The zero-order chi connectivity index (χ0) is 13.4. The maximum absolute atomic E-state index is 5.38. The summed E-state index contributed by atoms with van der Waals surface area (Å²) in [4.78, 5) is 0. The number of hydrogen-bond acceptors (Lipinski definition) is 3. The van der Waals surface area contributed by atoms with Gasteiger partial charge < -0.3 is 15.4 Å². The molecule has 1 aromatic rings. The second-order valence-electron chi connectivity index (χ2n) is 3.92. The normalized spacial score (nSPS) is 10.6. The highest BCUT2D eigenvalue weighted by molar-refractivity contribution is 5.76. The highest BCUT2D eigenvalue weighted by Gasteiger charge is 2.10. The molecule has 0 bridgehead atoms. The van der Waals surface area contributed by atoms with Crippen molar-refractivity contribution in [3.05, 3.63) is 42.1 Å². The first-order valence-corrected chi connectivity index (χ1v) is 6.13. The summed E-state index contributed by atoms with van der Waals surface area (Å²) in [5, 5.41) is 6.33. The fourth-order valence-electron chi connectivity index (χ4n) is 1.90. The lowest BCUT2D eigenvalue weighted by atomic mass is 10.0.